The van der Waals surface area contributed by atoms with E-state index in [0.29, 0.717) is 5.13 Å². The number of amides is 1. The zero-order valence-electron chi connectivity index (χ0n) is 19.9. The van der Waals surface area contributed by atoms with Crippen molar-refractivity contribution in [2.75, 3.05) is 10.0 Å². The van der Waals surface area contributed by atoms with Crippen LogP contribution < -0.4 is 10.0 Å². The molecule has 0 aliphatic rings. The molecule has 5 aromatic rings. The van der Waals surface area contributed by atoms with Gasteiger partial charge in [0.2, 0.25) is 0 Å². The minimum absolute atomic E-state index is 0.121. The van der Waals surface area contributed by atoms with E-state index in [9.17, 15) is 13.2 Å². The molecule has 0 aliphatic carbocycles. The zero-order chi connectivity index (χ0) is 25.8. The van der Waals surface area contributed by atoms with Crippen molar-refractivity contribution in [1.82, 2.24) is 4.98 Å². The van der Waals surface area contributed by atoms with Crippen molar-refractivity contribution in [3.63, 3.8) is 0 Å². The topological polar surface area (TPSA) is 88.2 Å². The molecular formula is C29H23N3O3S2. The largest absolute Gasteiger partial charge is 0.298 e. The van der Waals surface area contributed by atoms with E-state index in [1.165, 1.54) is 23.5 Å². The van der Waals surface area contributed by atoms with Crippen LogP contribution in [-0.2, 0) is 10.0 Å². The molecule has 0 unspecified atom stereocenters. The van der Waals surface area contributed by atoms with Gasteiger partial charge in [0.15, 0.2) is 5.13 Å². The molecule has 2 N–H and O–H groups in total. The van der Waals surface area contributed by atoms with Crippen LogP contribution in [0.4, 0.5) is 10.8 Å². The van der Waals surface area contributed by atoms with Crippen LogP contribution in [0.3, 0.4) is 0 Å². The third kappa shape index (κ3) is 5.61. The van der Waals surface area contributed by atoms with Crippen molar-refractivity contribution >= 4 is 38.1 Å². The third-order valence-electron chi connectivity index (χ3n) is 5.76. The van der Waals surface area contributed by atoms with E-state index in [2.05, 4.69) is 27.2 Å². The maximum Gasteiger partial charge on any atom is 0.261 e. The first-order chi connectivity index (χ1) is 17.9. The van der Waals surface area contributed by atoms with E-state index in [-0.39, 0.29) is 16.1 Å². The molecule has 0 spiro atoms. The highest BCUT2D eigenvalue weighted by Gasteiger charge is 2.19. The standard InChI is InChI=1S/C29H23N3O3S2/c1-20-11-17-24(18-12-20)37(34,35)32-26-10-6-5-9-25(26)28(33)31-29-30-27(19-36-29)23-15-13-22(14-16-23)21-7-3-2-4-8-21/h2-19,32H,1H3,(H,30,31,33). The van der Waals surface area contributed by atoms with Crippen LogP contribution in [0.15, 0.2) is 113 Å². The number of anilines is 2. The second kappa shape index (κ2) is 10.4. The lowest BCUT2D eigenvalue weighted by Crippen LogP contribution is -2.18. The van der Waals surface area contributed by atoms with Crippen LogP contribution in [0.2, 0.25) is 0 Å². The van der Waals surface area contributed by atoms with Gasteiger partial charge in [-0.1, -0.05) is 84.4 Å². The second-order valence-corrected chi connectivity index (χ2v) is 10.9. The summed E-state index contributed by atoms with van der Waals surface area (Å²) < 4.78 is 28.3. The summed E-state index contributed by atoms with van der Waals surface area (Å²) in [4.78, 5) is 17.7. The molecule has 1 aromatic heterocycles. The van der Waals surface area contributed by atoms with Crippen molar-refractivity contribution in [1.29, 1.82) is 0 Å². The highest BCUT2D eigenvalue weighted by atomic mass is 32.2. The Kier molecular flexibility index (Phi) is 6.85. The van der Waals surface area contributed by atoms with Gasteiger partial charge in [0, 0.05) is 10.9 Å². The van der Waals surface area contributed by atoms with Gasteiger partial charge in [0.25, 0.3) is 15.9 Å². The number of aromatic nitrogens is 1. The average Bonchev–Trinajstić information content (AvgIpc) is 3.38. The Morgan fingerprint density at radius 2 is 1.38 bits per heavy atom. The predicted octanol–water partition coefficient (Wildman–Crippen LogP) is 6.84. The number of nitrogens with one attached hydrogen (secondary N) is 2. The van der Waals surface area contributed by atoms with E-state index >= 15 is 0 Å². The van der Waals surface area contributed by atoms with E-state index in [1.54, 1.807) is 36.4 Å². The molecule has 37 heavy (non-hydrogen) atoms. The van der Waals surface area contributed by atoms with Crippen molar-refractivity contribution in [2.45, 2.75) is 11.8 Å². The van der Waals surface area contributed by atoms with Crippen LogP contribution >= 0.6 is 11.3 Å². The fourth-order valence-electron chi connectivity index (χ4n) is 3.78. The number of aryl methyl sites for hydroxylation is 1. The lowest BCUT2D eigenvalue weighted by atomic mass is 10.0. The molecule has 5 rings (SSSR count). The lowest BCUT2D eigenvalue weighted by molar-refractivity contribution is 0.102. The van der Waals surface area contributed by atoms with Gasteiger partial charge >= 0.3 is 0 Å². The molecule has 0 saturated heterocycles. The van der Waals surface area contributed by atoms with E-state index in [4.69, 9.17) is 0 Å². The van der Waals surface area contributed by atoms with Gasteiger partial charge in [0.05, 0.1) is 21.8 Å². The molecule has 184 valence electrons. The van der Waals surface area contributed by atoms with Crippen LogP contribution in [0, 0.1) is 6.92 Å². The summed E-state index contributed by atoms with van der Waals surface area (Å²) in [5.41, 5.74) is 5.26. The number of nitrogens with zero attached hydrogens (tertiary/aromatic N) is 1. The quantitative estimate of drug-likeness (QED) is 0.244. The van der Waals surface area contributed by atoms with Crippen LogP contribution in [0.5, 0.6) is 0 Å². The SMILES string of the molecule is Cc1ccc(S(=O)(=O)Nc2ccccc2C(=O)Nc2nc(-c3ccc(-c4ccccc4)cc3)cs2)cc1. The molecule has 1 amide bonds. The molecule has 8 heteroatoms. The average molecular weight is 526 g/mol. The number of sulfonamides is 1. The molecule has 4 aromatic carbocycles. The lowest BCUT2D eigenvalue weighted by Gasteiger charge is -2.12. The highest BCUT2D eigenvalue weighted by Crippen LogP contribution is 2.29. The van der Waals surface area contributed by atoms with Gasteiger partial charge in [-0.3, -0.25) is 14.8 Å². The maximum atomic E-state index is 13.1. The summed E-state index contributed by atoms with van der Waals surface area (Å²) in [5, 5.41) is 5.09. The Labute approximate surface area is 219 Å². The first-order valence-corrected chi connectivity index (χ1v) is 13.9. The molecule has 0 aliphatic heterocycles. The molecule has 0 saturated carbocycles. The summed E-state index contributed by atoms with van der Waals surface area (Å²) in [6.07, 6.45) is 0. The number of benzene rings is 4. The molecule has 0 atom stereocenters. The third-order valence-corrected chi connectivity index (χ3v) is 7.90. The van der Waals surface area contributed by atoms with E-state index in [1.807, 2.05) is 54.8 Å². The molecule has 0 fully saturated rings. The summed E-state index contributed by atoms with van der Waals surface area (Å²) in [6, 6.07) is 31.2. The monoisotopic (exact) mass is 525 g/mol. The first kappa shape index (κ1) is 24.4. The van der Waals surface area contributed by atoms with E-state index < -0.39 is 15.9 Å². The molecule has 0 bridgehead atoms. The Balaban J connectivity index is 1.32. The Morgan fingerprint density at radius 3 is 2.11 bits per heavy atom. The summed E-state index contributed by atoms with van der Waals surface area (Å²) in [6.45, 7) is 1.88. The number of hydrogen-bond donors (Lipinski definition) is 2. The number of hydrogen-bond acceptors (Lipinski definition) is 5. The Bertz CT molecular complexity index is 1650. The van der Waals surface area contributed by atoms with Gasteiger partial charge < -0.3 is 0 Å². The normalized spacial score (nSPS) is 11.2. The minimum atomic E-state index is -3.86. The summed E-state index contributed by atoms with van der Waals surface area (Å²) >= 11 is 1.30. The van der Waals surface area contributed by atoms with Crippen LogP contribution in [-0.4, -0.2) is 19.3 Å². The van der Waals surface area contributed by atoms with Crippen LogP contribution in [0.25, 0.3) is 22.4 Å². The highest BCUT2D eigenvalue weighted by molar-refractivity contribution is 7.92. The number of thiazole rings is 1. The minimum Gasteiger partial charge on any atom is -0.298 e. The van der Waals surface area contributed by atoms with Crippen molar-refractivity contribution < 1.29 is 13.2 Å². The number of carbonyl (C=O) groups is 1. The summed E-state index contributed by atoms with van der Waals surface area (Å²) in [7, 11) is -3.86. The fourth-order valence-corrected chi connectivity index (χ4v) is 5.58. The molecular weight excluding hydrogens is 502 g/mol. The number of carbonyl (C=O) groups excluding carboxylic acids is 1. The first-order valence-electron chi connectivity index (χ1n) is 11.5. The number of para-hydroxylation sites is 1. The Morgan fingerprint density at radius 1 is 0.757 bits per heavy atom. The maximum absolute atomic E-state index is 13.1. The number of rotatable bonds is 7. The van der Waals surface area contributed by atoms with Gasteiger partial charge in [-0.15, -0.1) is 11.3 Å². The second-order valence-electron chi connectivity index (χ2n) is 8.40. The van der Waals surface area contributed by atoms with Gasteiger partial charge in [0.1, 0.15) is 0 Å². The summed E-state index contributed by atoms with van der Waals surface area (Å²) in [5.74, 6) is -0.456. The fraction of sp³-hybridized carbons (Fsp3) is 0.0345. The van der Waals surface area contributed by atoms with Crippen LogP contribution in [0.1, 0.15) is 15.9 Å². The smallest absolute Gasteiger partial charge is 0.261 e. The zero-order valence-corrected chi connectivity index (χ0v) is 21.5. The van der Waals surface area contributed by atoms with Crippen molar-refractivity contribution in [3.8, 4) is 22.4 Å². The van der Waals surface area contributed by atoms with Crippen molar-refractivity contribution in [3.05, 3.63) is 120 Å². The van der Waals surface area contributed by atoms with Crippen molar-refractivity contribution in [2.24, 2.45) is 0 Å². The van der Waals surface area contributed by atoms with E-state index in [0.717, 1.165) is 27.9 Å². The molecule has 0 radical (unpaired) electrons. The van der Waals surface area contributed by atoms with Gasteiger partial charge in [-0.05, 0) is 42.3 Å². The van der Waals surface area contributed by atoms with Gasteiger partial charge in [-0.25, -0.2) is 13.4 Å². The molecule has 1 heterocycles. The Hall–Kier alpha value is -4.27. The molecule has 6 nitrogen and oxygen atoms in total. The van der Waals surface area contributed by atoms with Gasteiger partial charge in [-0.2, -0.15) is 0 Å². The predicted molar refractivity (Wildman–Crippen MR) is 149 cm³/mol.